The Morgan fingerprint density at radius 3 is 2.11 bits per heavy atom. The van der Waals surface area contributed by atoms with Crippen molar-refractivity contribution in [2.75, 3.05) is 14.2 Å². The van der Waals surface area contributed by atoms with Gasteiger partial charge in [-0.15, -0.1) is 0 Å². The summed E-state index contributed by atoms with van der Waals surface area (Å²) in [4.78, 5) is 21.2. The first-order valence-corrected chi connectivity index (χ1v) is 5.50. The summed E-state index contributed by atoms with van der Waals surface area (Å²) in [7, 11) is 2.79. The summed E-state index contributed by atoms with van der Waals surface area (Å²) < 4.78 is 0. The van der Waals surface area contributed by atoms with Crippen LogP contribution in [0.15, 0.2) is 34.6 Å². The zero-order valence-electron chi connectivity index (χ0n) is 10.0. The molecule has 0 spiro atoms. The van der Waals surface area contributed by atoms with Gasteiger partial charge < -0.3 is 9.68 Å². The third kappa shape index (κ3) is 4.18. The molecule has 18 heavy (non-hydrogen) atoms. The van der Waals surface area contributed by atoms with Crippen molar-refractivity contribution in [2.24, 2.45) is 16.2 Å². The van der Waals surface area contributed by atoms with Gasteiger partial charge in [-0.05, 0) is 24.3 Å². The van der Waals surface area contributed by atoms with E-state index in [1.165, 1.54) is 26.6 Å². The fourth-order valence-corrected chi connectivity index (χ4v) is 1.36. The van der Waals surface area contributed by atoms with Gasteiger partial charge in [0.25, 0.3) is 0 Å². The molecule has 1 rings (SSSR count). The molecule has 0 saturated heterocycles. The van der Waals surface area contributed by atoms with Gasteiger partial charge in [0.1, 0.15) is 14.2 Å². The monoisotopic (exact) mass is 268 g/mol. The second-order valence-corrected chi connectivity index (χ2v) is 3.71. The lowest BCUT2D eigenvalue weighted by Crippen LogP contribution is -2.18. The van der Waals surface area contributed by atoms with E-state index in [0.29, 0.717) is 10.6 Å². The van der Waals surface area contributed by atoms with Crippen LogP contribution in [-0.2, 0) is 9.68 Å². The fourth-order valence-electron chi connectivity index (χ4n) is 1.23. The number of Topliss-reactive ketones (excluding diaryl/α,β-unsaturated/α-hetero) is 1. The molecule has 1 unspecified atom stereocenters. The Kier molecular flexibility index (Phi) is 5.87. The van der Waals surface area contributed by atoms with Crippen molar-refractivity contribution in [2.45, 2.75) is 0 Å². The van der Waals surface area contributed by atoms with Crippen molar-refractivity contribution in [3.8, 4) is 0 Å². The molecular formula is C12H13ClN2O3. The van der Waals surface area contributed by atoms with E-state index in [4.69, 9.17) is 11.6 Å². The first-order valence-electron chi connectivity index (χ1n) is 5.12. The number of benzene rings is 1. The number of carbonyl (C=O) groups is 1. The van der Waals surface area contributed by atoms with Crippen LogP contribution >= 0.6 is 11.6 Å². The van der Waals surface area contributed by atoms with Crippen LogP contribution in [0.3, 0.4) is 0 Å². The van der Waals surface area contributed by atoms with Crippen LogP contribution in [0.1, 0.15) is 10.4 Å². The van der Waals surface area contributed by atoms with Crippen molar-refractivity contribution in [1.29, 1.82) is 0 Å². The highest BCUT2D eigenvalue weighted by Crippen LogP contribution is 2.12. The van der Waals surface area contributed by atoms with Crippen molar-refractivity contribution in [1.82, 2.24) is 0 Å². The smallest absolute Gasteiger partial charge is 0.176 e. The average Bonchev–Trinajstić information content (AvgIpc) is 2.39. The van der Waals surface area contributed by atoms with Crippen LogP contribution in [0.4, 0.5) is 0 Å². The Bertz CT molecular complexity index is 429. The Balaban J connectivity index is 2.90. The zero-order chi connectivity index (χ0) is 13.4. The third-order valence-electron chi connectivity index (χ3n) is 2.09. The average molecular weight is 269 g/mol. The highest BCUT2D eigenvalue weighted by molar-refractivity contribution is 6.30. The van der Waals surface area contributed by atoms with Gasteiger partial charge in [0.05, 0.1) is 18.3 Å². The van der Waals surface area contributed by atoms with Gasteiger partial charge in [-0.1, -0.05) is 21.9 Å². The predicted octanol–water partition coefficient (Wildman–Crippen LogP) is 2.40. The molecule has 0 N–H and O–H groups in total. The highest BCUT2D eigenvalue weighted by Gasteiger charge is 2.16. The molecule has 96 valence electrons. The maximum absolute atomic E-state index is 12.1. The minimum atomic E-state index is -0.647. The van der Waals surface area contributed by atoms with Gasteiger partial charge in [0.2, 0.25) is 0 Å². The molecule has 0 saturated carbocycles. The maximum atomic E-state index is 12.1. The molecule has 0 amide bonds. The van der Waals surface area contributed by atoms with Crippen molar-refractivity contribution in [3.63, 3.8) is 0 Å². The van der Waals surface area contributed by atoms with E-state index in [0.717, 1.165) is 0 Å². The van der Waals surface area contributed by atoms with E-state index in [2.05, 4.69) is 20.0 Å². The second-order valence-electron chi connectivity index (χ2n) is 3.27. The summed E-state index contributed by atoms with van der Waals surface area (Å²) in [5.41, 5.74) is 0.509. The van der Waals surface area contributed by atoms with E-state index in [9.17, 15) is 4.79 Å². The van der Waals surface area contributed by atoms with Crippen molar-refractivity contribution >= 4 is 29.8 Å². The maximum Gasteiger partial charge on any atom is 0.176 e. The number of hydrogen-bond donors (Lipinski definition) is 0. The fraction of sp³-hybridized carbons (Fsp3) is 0.250. The Hall–Kier alpha value is -1.88. The van der Waals surface area contributed by atoms with E-state index >= 15 is 0 Å². The molecular weight excluding hydrogens is 256 g/mol. The number of ketones is 1. The Labute approximate surface area is 110 Å². The third-order valence-corrected chi connectivity index (χ3v) is 2.34. The molecule has 6 heteroatoms. The molecule has 0 aliphatic carbocycles. The second kappa shape index (κ2) is 7.45. The van der Waals surface area contributed by atoms with Gasteiger partial charge in [-0.2, -0.15) is 0 Å². The Morgan fingerprint density at radius 1 is 1.17 bits per heavy atom. The minimum Gasteiger partial charge on any atom is -0.399 e. The van der Waals surface area contributed by atoms with Gasteiger partial charge in [-0.25, -0.2) is 0 Å². The van der Waals surface area contributed by atoms with E-state index in [1.807, 2.05) is 0 Å². The standard InChI is InChI=1S/C12H13ClN2O3/c1-17-14-7-10(8-15-18-2)12(16)9-3-5-11(13)6-4-9/h3-8,10H,1-2H3/b14-7-,15-8+. The number of halogens is 1. The number of hydrogen-bond acceptors (Lipinski definition) is 5. The number of carbonyl (C=O) groups excluding carboxylic acids is 1. The lowest BCUT2D eigenvalue weighted by atomic mass is 10.00. The molecule has 1 atom stereocenters. The molecule has 1 aromatic carbocycles. The van der Waals surface area contributed by atoms with Crippen LogP contribution in [0, 0.1) is 5.92 Å². The SMILES string of the molecule is CO/N=C\C(/C=N/OC)C(=O)c1ccc(Cl)cc1. The van der Waals surface area contributed by atoms with Crippen molar-refractivity contribution in [3.05, 3.63) is 34.9 Å². The number of nitrogens with zero attached hydrogens (tertiary/aromatic N) is 2. The molecule has 0 aromatic heterocycles. The number of oxime groups is 2. The molecule has 0 radical (unpaired) electrons. The molecule has 1 aromatic rings. The van der Waals surface area contributed by atoms with E-state index in [-0.39, 0.29) is 5.78 Å². The Morgan fingerprint density at radius 2 is 1.67 bits per heavy atom. The first-order chi connectivity index (χ1) is 8.69. The van der Waals surface area contributed by atoms with Crippen molar-refractivity contribution < 1.29 is 14.5 Å². The lowest BCUT2D eigenvalue weighted by Gasteiger charge is -2.05. The number of rotatable bonds is 6. The summed E-state index contributed by atoms with van der Waals surface area (Å²) in [6, 6.07) is 6.57. The van der Waals surface area contributed by atoms with Crippen LogP contribution < -0.4 is 0 Å². The highest BCUT2D eigenvalue weighted by atomic mass is 35.5. The predicted molar refractivity (Wildman–Crippen MR) is 70.3 cm³/mol. The van der Waals surface area contributed by atoms with Crippen LogP contribution in [-0.4, -0.2) is 32.4 Å². The zero-order valence-corrected chi connectivity index (χ0v) is 10.8. The summed E-state index contributed by atoms with van der Waals surface area (Å²) in [5.74, 6) is -0.820. The quantitative estimate of drug-likeness (QED) is 0.452. The van der Waals surface area contributed by atoms with Crippen LogP contribution in [0.2, 0.25) is 5.02 Å². The topological polar surface area (TPSA) is 60.3 Å². The molecule has 0 bridgehead atoms. The van der Waals surface area contributed by atoms with Gasteiger partial charge in [0.15, 0.2) is 5.78 Å². The molecule has 0 heterocycles. The molecule has 0 aliphatic heterocycles. The van der Waals surface area contributed by atoms with E-state index in [1.54, 1.807) is 24.3 Å². The summed E-state index contributed by atoms with van der Waals surface area (Å²) in [6.07, 6.45) is 2.69. The summed E-state index contributed by atoms with van der Waals surface area (Å²) in [5, 5.41) is 7.71. The van der Waals surface area contributed by atoms with Gasteiger partial charge >= 0.3 is 0 Å². The minimum absolute atomic E-state index is 0.173. The lowest BCUT2D eigenvalue weighted by molar-refractivity contribution is 0.0978. The van der Waals surface area contributed by atoms with Crippen LogP contribution in [0.5, 0.6) is 0 Å². The van der Waals surface area contributed by atoms with Crippen LogP contribution in [0.25, 0.3) is 0 Å². The van der Waals surface area contributed by atoms with E-state index < -0.39 is 5.92 Å². The van der Waals surface area contributed by atoms with Gasteiger partial charge in [0, 0.05) is 10.6 Å². The first kappa shape index (κ1) is 14.2. The molecule has 0 fully saturated rings. The summed E-state index contributed by atoms with van der Waals surface area (Å²) in [6.45, 7) is 0. The van der Waals surface area contributed by atoms with Gasteiger partial charge in [-0.3, -0.25) is 4.79 Å². The largest absolute Gasteiger partial charge is 0.399 e. The molecule has 0 aliphatic rings. The normalized spacial score (nSPS) is 12.8. The molecule has 5 nitrogen and oxygen atoms in total. The summed E-state index contributed by atoms with van der Waals surface area (Å²) >= 11 is 5.76.